The molecule has 0 unspecified atom stereocenters. The molecule has 0 saturated carbocycles. The minimum Gasteiger partial charge on any atom is -0.496 e. The summed E-state index contributed by atoms with van der Waals surface area (Å²) in [6.07, 6.45) is 2.75. The van der Waals surface area contributed by atoms with Crippen molar-refractivity contribution in [3.8, 4) is 23.0 Å². The molecule has 0 spiro atoms. The van der Waals surface area contributed by atoms with Gasteiger partial charge in [0, 0.05) is 40.5 Å². The Kier molecular flexibility index (Phi) is 12.9. The Balaban J connectivity index is 1.25. The van der Waals surface area contributed by atoms with E-state index in [1.807, 2.05) is 45.0 Å². The van der Waals surface area contributed by atoms with Gasteiger partial charge in [0.1, 0.15) is 29.1 Å². The molecular weight excluding hydrogens is 815 g/mol. The zero-order valence-electron chi connectivity index (χ0n) is 34.8. The zero-order chi connectivity index (χ0) is 44.9. The van der Waals surface area contributed by atoms with Crippen molar-refractivity contribution < 1.29 is 42.1 Å². The molecule has 1 heterocycles. The number of ether oxygens (including phenoxy) is 3. The predicted molar refractivity (Wildman–Crippen MR) is 240 cm³/mol. The molecule has 0 bridgehead atoms. The van der Waals surface area contributed by atoms with Gasteiger partial charge >= 0.3 is 12.0 Å². The number of anilines is 6. The number of hydrogen-bond acceptors (Lipinski definition) is 11. The van der Waals surface area contributed by atoms with Gasteiger partial charge in [0.2, 0.25) is 10.0 Å². The van der Waals surface area contributed by atoms with E-state index in [0.717, 1.165) is 17.4 Å². The second-order valence-corrected chi connectivity index (χ2v) is 17.1. The van der Waals surface area contributed by atoms with Crippen molar-refractivity contribution in [2.24, 2.45) is 11.5 Å². The van der Waals surface area contributed by atoms with Gasteiger partial charge in [-0.1, -0.05) is 57.2 Å². The molecule has 0 saturated heterocycles. The molecule has 1 atom stereocenters. The van der Waals surface area contributed by atoms with Crippen LogP contribution in [0.5, 0.6) is 23.0 Å². The molecule has 17 heteroatoms. The molecule has 322 valence electrons. The van der Waals surface area contributed by atoms with Gasteiger partial charge in [-0.3, -0.25) is 19.2 Å². The second-order valence-electron chi connectivity index (χ2n) is 15.3. The van der Waals surface area contributed by atoms with E-state index < -0.39 is 39.4 Å². The fourth-order valence-corrected chi connectivity index (χ4v) is 7.20. The smallest absolute Gasteiger partial charge is 0.324 e. The van der Waals surface area contributed by atoms with Gasteiger partial charge in [0.15, 0.2) is 5.75 Å². The number of pyridine rings is 1. The van der Waals surface area contributed by atoms with Gasteiger partial charge in [0.05, 0.1) is 43.1 Å². The number of primary amides is 1. The average Bonchev–Trinajstić information content (AvgIpc) is 3.21. The summed E-state index contributed by atoms with van der Waals surface area (Å²) in [6.45, 7) is 5.88. The third-order valence-electron chi connectivity index (χ3n) is 9.66. The highest BCUT2D eigenvalue weighted by Crippen LogP contribution is 2.46. The molecule has 6 aromatic rings. The van der Waals surface area contributed by atoms with E-state index in [1.54, 1.807) is 85.1 Å². The van der Waals surface area contributed by atoms with Gasteiger partial charge in [-0.25, -0.2) is 18.2 Å². The Labute approximate surface area is 358 Å². The van der Waals surface area contributed by atoms with Crippen LogP contribution in [-0.4, -0.2) is 62.9 Å². The summed E-state index contributed by atoms with van der Waals surface area (Å²) in [6, 6.07) is 27.3. The molecule has 0 radical (unpaired) electrons. The number of nitrogens with zero attached hydrogens (tertiary/aromatic N) is 2. The van der Waals surface area contributed by atoms with Crippen LogP contribution in [0.15, 0.2) is 109 Å². The maximum atomic E-state index is 13.4. The summed E-state index contributed by atoms with van der Waals surface area (Å²) in [5.74, 6) is 0.199. The first-order valence-corrected chi connectivity index (χ1v) is 21.0. The quantitative estimate of drug-likeness (QED) is 0.0578. The first-order valence-electron chi connectivity index (χ1n) is 19.1. The Morgan fingerprint density at radius 3 is 2.16 bits per heavy atom. The molecule has 5 aromatic carbocycles. The number of benzene rings is 5. The van der Waals surface area contributed by atoms with Crippen molar-refractivity contribution >= 4 is 73.0 Å². The van der Waals surface area contributed by atoms with Crippen LogP contribution in [0.4, 0.5) is 39.0 Å². The highest BCUT2D eigenvalue weighted by Gasteiger charge is 2.28. The van der Waals surface area contributed by atoms with Crippen LogP contribution < -0.4 is 45.9 Å². The van der Waals surface area contributed by atoms with E-state index in [2.05, 4.69) is 20.3 Å². The number of nitrogens with two attached hydrogens (primary N) is 2. The van der Waals surface area contributed by atoms with Gasteiger partial charge in [0.25, 0.3) is 5.91 Å². The van der Waals surface area contributed by atoms with Crippen LogP contribution in [0, 0.1) is 0 Å². The second kappa shape index (κ2) is 18.1. The van der Waals surface area contributed by atoms with Crippen LogP contribution in [0.1, 0.15) is 42.3 Å². The first-order chi connectivity index (χ1) is 29.3. The van der Waals surface area contributed by atoms with Crippen LogP contribution in [-0.2, 0) is 26.7 Å². The van der Waals surface area contributed by atoms with Gasteiger partial charge in [-0.05, 0) is 77.6 Å². The lowest BCUT2D eigenvalue weighted by molar-refractivity contribution is -0.138. The Bertz CT molecular complexity index is 2770. The fourth-order valence-electron chi connectivity index (χ4n) is 6.65. The van der Waals surface area contributed by atoms with Crippen molar-refractivity contribution in [2.45, 2.75) is 38.6 Å². The van der Waals surface area contributed by atoms with E-state index in [-0.39, 0.29) is 29.1 Å². The monoisotopic (exact) mass is 861 g/mol. The third kappa shape index (κ3) is 10.3. The SMILES string of the molecule is COc1cc(Nc2cc(Oc3ccc(N(C(N)=O)c4cc(C(C)(C)C)cc(NS(C)(=O)=O)c4OC)c4ccccc34)ccn2)ccc1C(=O)Nc1ccc(C[C@H](N)C(=O)O)cc1. The lowest BCUT2D eigenvalue weighted by Gasteiger charge is -2.29. The number of aromatic nitrogens is 1. The van der Waals surface area contributed by atoms with Gasteiger partial charge < -0.3 is 41.4 Å². The number of carboxylic acids is 1. The zero-order valence-corrected chi connectivity index (χ0v) is 35.7. The van der Waals surface area contributed by atoms with Crippen molar-refractivity contribution in [1.82, 2.24) is 4.98 Å². The molecule has 0 aliphatic heterocycles. The average molecular weight is 862 g/mol. The van der Waals surface area contributed by atoms with Crippen LogP contribution in [0.25, 0.3) is 10.8 Å². The molecule has 8 N–H and O–H groups in total. The fraction of sp³-hybridized carbons (Fsp3) is 0.200. The normalized spacial score (nSPS) is 11.9. The molecule has 0 fully saturated rings. The van der Waals surface area contributed by atoms with Crippen LogP contribution >= 0.6 is 0 Å². The molecule has 6 rings (SSSR count). The number of methoxy groups -OCH3 is 2. The molecule has 16 nitrogen and oxygen atoms in total. The maximum Gasteiger partial charge on any atom is 0.324 e. The molecule has 0 aliphatic carbocycles. The van der Waals surface area contributed by atoms with Crippen LogP contribution in [0.3, 0.4) is 0 Å². The number of aliphatic carboxylic acids is 1. The Morgan fingerprint density at radius 1 is 0.839 bits per heavy atom. The number of nitrogens with one attached hydrogen (secondary N) is 3. The first kappa shape index (κ1) is 44.2. The van der Waals surface area contributed by atoms with E-state index in [4.69, 9.17) is 30.8 Å². The number of sulfonamides is 1. The highest BCUT2D eigenvalue weighted by atomic mass is 32.2. The molecular formula is C45H47N7O9S. The van der Waals surface area contributed by atoms with Crippen molar-refractivity contribution in [3.63, 3.8) is 0 Å². The van der Waals surface area contributed by atoms with Crippen molar-refractivity contribution in [3.05, 3.63) is 126 Å². The number of carbonyl (C=O) groups excluding carboxylic acids is 2. The van der Waals surface area contributed by atoms with Crippen molar-refractivity contribution in [1.29, 1.82) is 0 Å². The molecule has 3 amide bonds. The summed E-state index contributed by atoms with van der Waals surface area (Å²) in [5.41, 5.74) is 14.8. The Morgan fingerprint density at radius 2 is 1.53 bits per heavy atom. The largest absolute Gasteiger partial charge is 0.496 e. The number of carboxylic acid groups (broad SMARTS) is 1. The van der Waals surface area contributed by atoms with Gasteiger partial charge in [-0.2, -0.15) is 0 Å². The minimum atomic E-state index is -3.74. The number of carbonyl (C=O) groups is 3. The minimum absolute atomic E-state index is 0.100. The van der Waals surface area contributed by atoms with E-state index in [1.165, 1.54) is 19.1 Å². The number of amides is 3. The van der Waals surface area contributed by atoms with E-state index in [9.17, 15) is 22.8 Å². The van der Waals surface area contributed by atoms with Crippen molar-refractivity contribution in [2.75, 3.05) is 40.7 Å². The lowest BCUT2D eigenvalue weighted by Crippen LogP contribution is -2.32. The predicted octanol–water partition coefficient (Wildman–Crippen LogP) is 7.88. The topological polar surface area (TPSA) is 238 Å². The summed E-state index contributed by atoms with van der Waals surface area (Å²) in [5, 5.41) is 16.4. The summed E-state index contributed by atoms with van der Waals surface area (Å²) in [7, 11) is -0.902. The number of hydrogen-bond donors (Lipinski definition) is 6. The molecule has 62 heavy (non-hydrogen) atoms. The molecule has 0 aliphatic rings. The standard InChI is InChI=1S/C45H47N7O9S/c1-45(2,3)27-22-35(51-62(6,57)58)41(60-5)37(23-27)52(44(47)56)36-17-18-38(32-10-8-7-9-31(32)36)61-30-19-20-48-40(25-30)49-29-15-16-33(39(24-29)59-4)42(53)50-28-13-11-26(12-14-28)21-34(46)43(54)55/h7-20,22-25,34,51H,21,46H2,1-6H3,(H2,47,56)(H,48,49)(H,50,53)(H,54,55)/t34-/m0/s1. The lowest BCUT2D eigenvalue weighted by atomic mass is 9.86. The Hall–Kier alpha value is -7.37. The highest BCUT2D eigenvalue weighted by molar-refractivity contribution is 7.92. The maximum absolute atomic E-state index is 13.4. The summed E-state index contributed by atoms with van der Waals surface area (Å²) in [4.78, 5) is 43.5. The number of urea groups is 1. The van der Waals surface area contributed by atoms with E-state index in [0.29, 0.717) is 50.9 Å². The van der Waals surface area contributed by atoms with E-state index >= 15 is 0 Å². The molecule has 1 aromatic heterocycles. The number of rotatable bonds is 15. The van der Waals surface area contributed by atoms with Gasteiger partial charge in [-0.15, -0.1) is 0 Å². The number of fused-ring (bicyclic) bond motifs is 1. The summed E-state index contributed by atoms with van der Waals surface area (Å²) >= 11 is 0. The third-order valence-corrected chi connectivity index (χ3v) is 10.3. The summed E-state index contributed by atoms with van der Waals surface area (Å²) < 4.78 is 45.1. The van der Waals surface area contributed by atoms with Crippen LogP contribution in [0.2, 0.25) is 0 Å².